The van der Waals surface area contributed by atoms with E-state index in [2.05, 4.69) is 49.7 Å². The van der Waals surface area contributed by atoms with Gasteiger partial charge in [0.05, 0.1) is 29.8 Å². The lowest BCUT2D eigenvalue weighted by Crippen LogP contribution is -2.38. The zero-order valence-corrected chi connectivity index (χ0v) is 19.5. The van der Waals surface area contributed by atoms with Crippen molar-refractivity contribution < 1.29 is 9.47 Å². The van der Waals surface area contributed by atoms with Crippen LogP contribution in [0.2, 0.25) is 0 Å². The summed E-state index contributed by atoms with van der Waals surface area (Å²) in [5.41, 5.74) is 5.81. The number of nitrogens with one attached hydrogen (secondary N) is 3. The summed E-state index contributed by atoms with van der Waals surface area (Å²) in [5, 5.41) is 12.1. The largest absolute Gasteiger partial charge is 0.489 e. The monoisotopic (exact) mass is 468 g/mol. The Bertz CT molecular complexity index is 1420. The minimum atomic E-state index is 0.519. The molecule has 1 aliphatic heterocycles. The van der Waals surface area contributed by atoms with E-state index in [-0.39, 0.29) is 0 Å². The number of morpholine rings is 1. The lowest BCUT2D eigenvalue weighted by Gasteiger charge is -2.26. The average molecular weight is 469 g/mol. The van der Waals surface area contributed by atoms with E-state index in [1.165, 1.54) is 0 Å². The second-order valence-electron chi connectivity index (χ2n) is 8.75. The molecule has 6 rings (SSSR count). The van der Waals surface area contributed by atoms with Crippen LogP contribution in [-0.2, 0) is 11.3 Å². The molecule has 0 atom stereocenters. The lowest BCUT2D eigenvalue weighted by atomic mass is 10.2. The van der Waals surface area contributed by atoms with Gasteiger partial charge in [0.25, 0.3) is 0 Å². The number of fused-ring (bicyclic) bond motifs is 2. The molecule has 2 aromatic heterocycles. The highest BCUT2D eigenvalue weighted by Crippen LogP contribution is 2.30. The highest BCUT2D eigenvalue weighted by atomic mass is 16.5. The third-order valence-electron chi connectivity index (χ3n) is 6.35. The van der Waals surface area contributed by atoms with E-state index in [0.717, 1.165) is 89.8 Å². The van der Waals surface area contributed by atoms with Crippen LogP contribution < -0.4 is 10.1 Å². The van der Waals surface area contributed by atoms with Crippen LogP contribution in [0.15, 0.2) is 66.7 Å². The van der Waals surface area contributed by atoms with Gasteiger partial charge in [-0.1, -0.05) is 30.3 Å². The summed E-state index contributed by atoms with van der Waals surface area (Å²) in [6.45, 7) is 6.07. The van der Waals surface area contributed by atoms with E-state index in [9.17, 15) is 0 Å². The minimum absolute atomic E-state index is 0.519. The van der Waals surface area contributed by atoms with Crippen molar-refractivity contribution in [1.82, 2.24) is 25.1 Å². The van der Waals surface area contributed by atoms with Gasteiger partial charge in [0.15, 0.2) is 5.82 Å². The molecule has 0 unspecified atom stereocenters. The maximum atomic E-state index is 6.03. The van der Waals surface area contributed by atoms with Crippen molar-refractivity contribution >= 4 is 27.6 Å². The third kappa shape index (κ3) is 4.84. The highest BCUT2D eigenvalue weighted by molar-refractivity contribution is 5.94. The van der Waals surface area contributed by atoms with E-state index in [1.54, 1.807) is 0 Å². The van der Waals surface area contributed by atoms with Crippen molar-refractivity contribution in [2.24, 2.45) is 0 Å². The number of aromatic amines is 2. The Balaban J connectivity index is 1.18. The maximum absolute atomic E-state index is 6.03. The number of benzene rings is 3. The van der Waals surface area contributed by atoms with Crippen LogP contribution in [0.5, 0.6) is 5.75 Å². The quantitative estimate of drug-likeness (QED) is 0.312. The number of ether oxygens (including phenoxy) is 2. The molecule has 1 fully saturated rings. The van der Waals surface area contributed by atoms with Crippen LogP contribution in [-0.4, -0.2) is 64.5 Å². The number of anilines is 1. The number of hydrogen-bond donors (Lipinski definition) is 3. The molecule has 0 saturated carbocycles. The Labute approximate surface area is 203 Å². The molecule has 178 valence electrons. The lowest BCUT2D eigenvalue weighted by molar-refractivity contribution is 0.0398. The van der Waals surface area contributed by atoms with E-state index >= 15 is 0 Å². The fourth-order valence-corrected chi connectivity index (χ4v) is 4.42. The highest BCUT2D eigenvalue weighted by Gasteiger charge is 2.14. The molecule has 3 N–H and O–H groups in total. The van der Waals surface area contributed by atoms with Crippen LogP contribution >= 0.6 is 0 Å². The van der Waals surface area contributed by atoms with Gasteiger partial charge in [0.2, 0.25) is 0 Å². The molecular weight excluding hydrogens is 440 g/mol. The first-order valence-electron chi connectivity index (χ1n) is 12.0. The molecule has 1 saturated heterocycles. The summed E-state index contributed by atoms with van der Waals surface area (Å²) in [6.07, 6.45) is 0. The predicted octanol–water partition coefficient (Wildman–Crippen LogP) is 4.43. The van der Waals surface area contributed by atoms with Crippen LogP contribution in [0.4, 0.5) is 5.69 Å². The normalized spacial score (nSPS) is 14.5. The Hall–Kier alpha value is -3.88. The molecule has 0 amide bonds. The number of rotatable bonds is 8. The topological polar surface area (TPSA) is 91.1 Å². The first kappa shape index (κ1) is 21.6. The Morgan fingerprint density at radius 3 is 2.74 bits per heavy atom. The van der Waals surface area contributed by atoms with Crippen molar-refractivity contribution in [1.29, 1.82) is 0 Å². The zero-order valence-electron chi connectivity index (χ0n) is 19.5. The number of aromatic nitrogens is 4. The Kier molecular flexibility index (Phi) is 6.04. The van der Waals surface area contributed by atoms with Crippen LogP contribution in [0.1, 0.15) is 5.56 Å². The fraction of sp³-hybridized carbons (Fsp3) is 0.259. The Morgan fingerprint density at radius 1 is 0.971 bits per heavy atom. The van der Waals surface area contributed by atoms with Gasteiger partial charge in [-0.25, -0.2) is 4.98 Å². The molecule has 35 heavy (non-hydrogen) atoms. The molecule has 1 aliphatic rings. The van der Waals surface area contributed by atoms with Gasteiger partial charge in [0.1, 0.15) is 18.1 Å². The zero-order chi connectivity index (χ0) is 23.5. The van der Waals surface area contributed by atoms with Gasteiger partial charge in [-0.15, -0.1) is 0 Å². The summed E-state index contributed by atoms with van der Waals surface area (Å²) in [6, 6.07) is 22.3. The van der Waals surface area contributed by atoms with Gasteiger partial charge in [-0.05, 0) is 42.0 Å². The molecule has 8 heteroatoms. The van der Waals surface area contributed by atoms with Crippen molar-refractivity contribution in [2.75, 3.05) is 44.7 Å². The summed E-state index contributed by atoms with van der Waals surface area (Å²) in [5.74, 6) is 1.53. The van der Waals surface area contributed by atoms with Crippen molar-refractivity contribution in [3.05, 3.63) is 72.3 Å². The van der Waals surface area contributed by atoms with Gasteiger partial charge < -0.3 is 19.8 Å². The predicted molar refractivity (Wildman–Crippen MR) is 138 cm³/mol. The summed E-state index contributed by atoms with van der Waals surface area (Å²) in [7, 11) is 0. The molecule has 0 radical (unpaired) electrons. The Morgan fingerprint density at radius 2 is 1.86 bits per heavy atom. The number of hydrogen-bond acceptors (Lipinski definition) is 6. The van der Waals surface area contributed by atoms with Gasteiger partial charge in [-0.3, -0.25) is 10.00 Å². The standard InChI is InChI=1S/C27H28N6O2/c1-2-4-19(5-3-1)18-35-21-7-9-23-22(17-21)26(32-31-23)27-29-24-8-6-20(16-25(24)30-27)28-10-11-33-12-14-34-15-13-33/h1-9,16-17,28H,10-15,18H2,(H,29,30)(H,31,32). The van der Waals surface area contributed by atoms with E-state index in [0.29, 0.717) is 6.61 Å². The maximum Gasteiger partial charge on any atom is 0.159 e. The number of H-pyrrole nitrogens is 2. The SMILES string of the molecule is c1ccc(COc2ccc3[nH]nc(-c4nc5ccc(NCCN6CCOCC6)cc5[nH]4)c3c2)cc1. The minimum Gasteiger partial charge on any atom is -0.489 e. The van der Waals surface area contributed by atoms with Gasteiger partial charge in [-0.2, -0.15) is 5.10 Å². The molecule has 3 heterocycles. The molecule has 8 nitrogen and oxygen atoms in total. The third-order valence-corrected chi connectivity index (χ3v) is 6.35. The summed E-state index contributed by atoms with van der Waals surface area (Å²) in [4.78, 5) is 10.7. The molecular formula is C27H28N6O2. The average Bonchev–Trinajstić information content (AvgIpc) is 3.52. The van der Waals surface area contributed by atoms with E-state index in [4.69, 9.17) is 14.5 Å². The van der Waals surface area contributed by atoms with E-state index < -0.39 is 0 Å². The number of nitrogens with zero attached hydrogens (tertiary/aromatic N) is 3. The van der Waals surface area contributed by atoms with Crippen molar-refractivity contribution in [3.63, 3.8) is 0 Å². The van der Waals surface area contributed by atoms with Crippen LogP contribution in [0.25, 0.3) is 33.5 Å². The molecule has 0 spiro atoms. The second kappa shape index (κ2) is 9.77. The first-order chi connectivity index (χ1) is 17.3. The summed E-state index contributed by atoms with van der Waals surface area (Å²) >= 11 is 0. The fourth-order valence-electron chi connectivity index (χ4n) is 4.42. The smallest absolute Gasteiger partial charge is 0.159 e. The van der Waals surface area contributed by atoms with Crippen molar-refractivity contribution in [3.8, 4) is 17.3 Å². The summed E-state index contributed by atoms with van der Waals surface area (Å²) < 4.78 is 11.4. The first-order valence-corrected chi connectivity index (χ1v) is 12.0. The molecule has 5 aromatic rings. The molecule has 0 aliphatic carbocycles. The van der Waals surface area contributed by atoms with E-state index in [1.807, 2.05) is 42.5 Å². The van der Waals surface area contributed by atoms with Gasteiger partial charge >= 0.3 is 0 Å². The van der Waals surface area contributed by atoms with Crippen LogP contribution in [0.3, 0.4) is 0 Å². The van der Waals surface area contributed by atoms with Crippen LogP contribution in [0, 0.1) is 0 Å². The molecule has 3 aromatic carbocycles. The number of imidazole rings is 1. The molecule has 0 bridgehead atoms. The van der Waals surface area contributed by atoms with Gasteiger partial charge in [0, 0.05) is 37.3 Å². The second-order valence-corrected chi connectivity index (χ2v) is 8.75. The van der Waals surface area contributed by atoms with Crippen molar-refractivity contribution in [2.45, 2.75) is 6.61 Å².